The van der Waals surface area contributed by atoms with E-state index in [0.717, 1.165) is 5.01 Å². The van der Waals surface area contributed by atoms with Gasteiger partial charge in [-0.15, -0.1) is 0 Å². The summed E-state index contributed by atoms with van der Waals surface area (Å²) in [6, 6.07) is 10.2. The van der Waals surface area contributed by atoms with Gasteiger partial charge in [0.15, 0.2) is 0 Å². The number of halogens is 5. The second-order valence-electron chi connectivity index (χ2n) is 5.61. The third-order valence-corrected chi connectivity index (χ3v) is 4.59. The Bertz CT molecular complexity index is 906. The Hall–Kier alpha value is -2.09. The molecule has 0 radical (unpaired) electrons. The van der Waals surface area contributed by atoms with Crippen LogP contribution < -0.4 is 5.84 Å². The summed E-state index contributed by atoms with van der Waals surface area (Å²) in [5, 5.41) is 0.306. The Balaban J connectivity index is 2.38. The number of fused-ring (bicyclic) bond motifs is 1. The lowest BCUT2D eigenvalue weighted by Crippen LogP contribution is -2.35. The number of nitrogens with zero attached hydrogens (tertiary/aromatic N) is 3. The van der Waals surface area contributed by atoms with Crippen molar-refractivity contribution in [2.75, 3.05) is 13.6 Å². The molecule has 1 heterocycles. The number of alkyl halides is 3. The maximum Gasteiger partial charge on any atom is 0.420 e. The predicted molar refractivity (Wildman–Crippen MR) is 97.5 cm³/mol. The van der Waals surface area contributed by atoms with Gasteiger partial charge in [0.2, 0.25) is 0 Å². The Kier molecular flexibility index (Phi) is 4.96. The minimum atomic E-state index is -4.75. The Morgan fingerprint density at radius 3 is 2.38 bits per heavy atom. The predicted octanol–water partition coefficient (Wildman–Crippen LogP) is 4.70. The first-order valence-electron chi connectivity index (χ1n) is 7.45. The zero-order valence-corrected chi connectivity index (χ0v) is 15.0. The van der Waals surface area contributed by atoms with Crippen LogP contribution in [-0.4, -0.2) is 30.1 Å². The van der Waals surface area contributed by atoms with E-state index in [0.29, 0.717) is 11.3 Å². The second kappa shape index (κ2) is 6.90. The lowest BCUT2D eigenvalue weighted by Gasteiger charge is -2.18. The monoisotopic (exact) mass is 400 g/mol. The van der Waals surface area contributed by atoms with E-state index in [1.807, 2.05) is 0 Å². The minimum absolute atomic E-state index is 0.0123. The second-order valence-corrected chi connectivity index (χ2v) is 6.40. The number of nitrogens with two attached hydrogens (primary N) is 1. The van der Waals surface area contributed by atoms with E-state index in [1.165, 1.54) is 13.1 Å². The number of benzene rings is 2. The van der Waals surface area contributed by atoms with Crippen LogP contribution >= 0.6 is 23.2 Å². The lowest BCUT2D eigenvalue weighted by atomic mass is 9.97. The van der Waals surface area contributed by atoms with E-state index >= 15 is 0 Å². The van der Waals surface area contributed by atoms with Gasteiger partial charge in [0.25, 0.3) is 0 Å². The third kappa shape index (κ3) is 3.42. The van der Waals surface area contributed by atoms with Gasteiger partial charge in [-0.05, 0) is 6.07 Å². The van der Waals surface area contributed by atoms with E-state index in [-0.39, 0.29) is 28.7 Å². The molecule has 0 fully saturated rings. The summed E-state index contributed by atoms with van der Waals surface area (Å²) in [5.74, 6) is 5.87. The zero-order valence-electron chi connectivity index (χ0n) is 13.5. The van der Waals surface area contributed by atoms with Gasteiger partial charge in [-0.3, -0.25) is 10.0 Å². The molecule has 26 heavy (non-hydrogen) atoms. The molecule has 0 spiro atoms. The molecule has 2 N–H and O–H groups in total. The maximum absolute atomic E-state index is 13.7. The van der Waals surface area contributed by atoms with Crippen LogP contribution in [0.2, 0.25) is 10.0 Å². The third-order valence-electron chi connectivity index (χ3n) is 3.80. The first kappa shape index (κ1) is 18.7. The highest BCUT2D eigenvalue weighted by molar-refractivity contribution is 6.43. The first-order chi connectivity index (χ1) is 12.2. The van der Waals surface area contributed by atoms with Gasteiger partial charge in [0.1, 0.15) is 11.4 Å². The van der Waals surface area contributed by atoms with Gasteiger partial charge >= 0.3 is 6.18 Å². The van der Waals surface area contributed by atoms with Gasteiger partial charge in [0.05, 0.1) is 28.0 Å². The van der Waals surface area contributed by atoms with Gasteiger partial charge in [-0.2, -0.15) is 13.2 Å². The van der Waals surface area contributed by atoms with E-state index in [2.05, 4.69) is 9.98 Å². The van der Waals surface area contributed by atoms with Crippen LogP contribution in [0.15, 0.2) is 46.4 Å². The van der Waals surface area contributed by atoms with Crippen molar-refractivity contribution in [2.24, 2.45) is 15.8 Å². The molecule has 0 atom stereocenters. The van der Waals surface area contributed by atoms with Crippen molar-refractivity contribution < 1.29 is 13.2 Å². The molecular weight excluding hydrogens is 388 g/mol. The van der Waals surface area contributed by atoms with Crippen molar-refractivity contribution in [1.82, 2.24) is 5.01 Å². The highest BCUT2D eigenvalue weighted by Crippen LogP contribution is 2.47. The van der Waals surface area contributed by atoms with Crippen LogP contribution in [0.25, 0.3) is 0 Å². The molecule has 0 aliphatic carbocycles. The van der Waals surface area contributed by atoms with Crippen molar-refractivity contribution in [2.45, 2.75) is 6.18 Å². The molecule has 0 bridgehead atoms. The van der Waals surface area contributed by atoms with Crippen LogP contribution in [0, 0.1) is 0 Å². The molecule has 0 saturated heterocycles. The van der Waals surface area contributed by atoms with Gasteiger partial charge in [0, 0.05) is 18.2 Å². The summed E-state index contributed by atoms with van der Waals surface area (Å²) in [7, 11) is 1.48. The summed E-state index contributed by atoms with van der Waals surface area (Å²) in [4.78, 5) is 8.55. The first-order valence-corrected chi connectivity index (χ1v) is 8.21. The van der Waals surface area contributed by atoms with E-state index in [9.17, 15) is 13.2 Å². The summed E-state index contributed by atoms with van der Waals surface area (Å²) in [6.07, 6.45) is -4.75. The van der Waals surface area contributed by atoms with E-state index < -0.39 is 16.8 Å². The highest BCUT2D eigenvalue weighted by Gasteiger charge is 2.40. The average Bonchev–Trinajstić information content (AvgIpc) is 2.75. The zero-order chi connectivity index (χ0) is 19.1. The number of hydrogen-bond acceptors (Lipinski definition) is 4. The molecule has 2 aromatic carbocycles. The summed E-state index contributed by atoms with van der Waals surface area (Å²) < 4.78 is 41.1. The smallest absolute Gasteiger partial charge is 0.300 e. The van der Waals surface area contributed by atoms with Crippen molar-refractivity contribution in [3.05, 3.63) is 63.1 Å². The summed E-state index contributed by atoms with van der Waals surface area (Å²) in [5.41, 5.74) is -0.331. The van der Waals surface area contributed by atoms with Crippen LogP contribution in [0.5, 0.6) is 0 Å². The summed E-state index contributed by atoms with van der Waals surface area (Å²) >= 11 is 11.9. The fourth-order valence-corrected chi connectivity index (χ4v) is 3.06. The molecule has 136 valence electrons. The average molecular weight is 401 g/mol. The van der Waals surface area contributed by atoms with E-state index in [1.54, 1.807) is 30.3 Å². The van der Waals surface area contributed by atoms with Gasteiger partial charge in [-0.25, -0.2) is 10.8 Å². The van der Waals surface area contributed by atoms with Crippen molar-refractivity contribution in [3.63, 3.8) is 0 Å². The fraction of sp³-hybridized carbons (Fsp3) is 0.176. The number of rotatable bonds is 1. The Morgan fingerprint density at radius 1 is 1.15 bits per heavy atom. The molecular formula is C17H13Cl2F3N4. The normalized spacial score (nSPS) is 14.3. The molecule has 0 aromatic heterocycles. The minimum Gasteiger partial charge on any atom is -0.300 e. The molecule has 3 rings (SSSR count). The largest absolute Gasteiger partial charge is 0.420 e. The lowest BCUT2D eigenvalue weighted by molar-refractivity contribution is -0.136. The quantitative estimate of drug-likeness (QED) is 0.557. The number of hydrazine groups is 1. The highest BCUT2D eigenvalue weighted by atomic mass is 35.5. The summed E-state index contributed by atoms with van der Waals surface area (Å²) in [6.45, 7) is 0.0123. The molecule has 4 nitrogen and oxygen atoms in total. The van der Waals surface area contributed by atoms with Gasteiger partial charge in [-0.1, -0.05) is 53.5 Å². The molecule has 0 amide bonds. The molecule has 2 aromatic rings. The van der Waals surface area contributed by atoms with E-state index in [4.69, 9.17) is 29.0 Å². The SMILES string of the molecule is CN(N)C1=Nc2c(cc(Cl)c(Cl)c2C(F)(F)F)C(c2ccccc2)=NC1. The number of likely N-dealkylation sites (N-methyl/N-ethyl adjacent to an activating group) is 1. The molecule has 0 saturated carbocycles. The number of hydrogen-bond donors (Lipinski definition) is 1. The van der Waals surface area contributed by atoms with Crippen LogP contribution in [0.3, 0.4) is 0 Å². The van der Waals surface area contributed by atoms with Gasteiger partial charge < -0.3 is 0 Å². The molecule has 1 aliphatic heterocycles. The van der Waals surface area contributed by atoms with Crippen molar-refractivity contribution >= 4 is 40.4 Å². The number of amidine groups is 1. The fourth-order valence-electron chi connectivity index (χ4n) is 2.60. The standard InChI is InChI=1S/C17H13Cl2F3N4/c1-26(23)12-8-24-15(9-5-3-2-4-6-9)10-7-11(18)14(19)13(16(10)25-12)17(20,21)22/h2-7H,8,23H2,1H3. The van der Waals surface area contributed by atoms with Crippen LogP contribution in [-0.2, 0) is 6.18 Å². The Labute approximate surface area is 157 Å². The molecule has 1 aliphatic rings. The maximum atomic E-state index is 13.7. The molecule has 0 unspecified atom stereocenters. The Morgan fingerprint density at radius 2 is 1.81 bits per heavy atom. The topological polar surface area (TPSA) is 54.0 Å². The van der Waals surface area contributed by atoms with Crippen molar-refractivity contribution in [3.8, 4) is 0 Å². The van der Waals surface area contributed by atoms with Crippen LogP contribution in [0.1, 0.15) is 16.7 Å². The number of aliphatic imine (C=N–C) groups is 2. The van der Waals surface area contributed by atoms with Crippen LogP contribution in [0.4, 0.5) is 18.9 Å². The molecule has 9 heteroatoms. The van der Waals surface area contributed by atoms with Crippen molar-refractivity contribution in [1.29, 1.82) is 0 Å².